The maximum absolute atomic E-state index is 13.6. The minimum absolute atomic E-state index is 0.0304. The first-order valence-corrected chi connectivity index (χ1v) is 39.5. The Morgan fingerprint density at radius 1 is 0.391 bits per heavy atom. The largest absolute Gasteiger partial charge is 0.756 e. The Balaban J connectivity index is 5.03. The van der Waals surface area contributed by atoms with Crippen LogP contribution >= 0.6 is 7.82 Å². The SMILES string of the molecule is CC/C=C\C/C=C\C/C=C\C/C=C\C/C=C\C/C=C\CCCCCCCCCCC(=O)OC(/C=C/CCCCCCCCCCCC)C(COP(=O)([O-])OCC[N+](C)(C)C)NC(=O)CCCCCCCCCCCCC/C=C\C/C=C\C/C=C\C/C=C\CCCCC. The summed E-state index contributed by atoms with van der Waals surface area (Å²) in [5, 5.41) is 3.04. The third-order valence-corrected chi connectivity index (χ3v) is 17.3. The molecule has 1 N–H and O–H groups in total. The molecule has 0 heterocycles. The Morgan fingerprint density at radius 3 is 1.07 bits per heavy atom. The van der Waals surface area contributed by atoms with Crippen molar-refractivity contribution in [2.45, 2.75) is 335 Å². The number of hydrogen-bond acceptors (Lipinski definition) is 7. The normalized spacial score (nSPS) is 14.2. The predicted octanol–water partition coefficient (Wildman–Crippen LogP) is 24.1. The van der Waals surface area contributed by atoms with E-state index in [0.29, 0.717) is 23.9 Å². The van der Waals surface area contributed by atoms with Crippen molar-refractivity contribution < 1.29 is 37.3 Å². The van der Waals surface area contributed by atoms with Crippen LogP contribution in [0, 0.1) is 0 Å². The smallest absolute Gasteiger partial charge is 0.306 e. The molecule has 0 aliphatic rings. The highest BCUT2D eigenvalue weighted by molar-refractivity contribution is 7.45. The molecule has 3 unspecified atom stereocenters. The van der Waals surface area contributed by atoms with Crippen molar-refractivity contribution >= 4 is 19.7 Å². The summed E-state index contributed by atoms with van der Waals surface area (Å²) < 4.78 is 30.5. The monoisotopic (exact) mass is 1300 g/mol. The molecule has 3 atom stereocenters. The van der Waals surface area contributed by atoms with Crippen molar-refractivity contribution in [3.05, 3.63) is 134 Å². The first kappa shape index (κ1) is 88.2. The molecule has 0 saturated carbocycles. The number of quaternary nitrogens is 1. The zero-order chi connectivity index (χ0) is 67.0. The Bertz CT molecular complexity index is 2040. The lowest BCUT2D eigenvalue weighted by molar-refractivity contribution is -0.870. The van der Waals surface area contributed by atoms with Gasteiger partial charge in [0.2, 0.25) is 5.91 Å². The highest BCUT2D eigenvalue weighted by Crippen LogP contribution is 2.38. The second-order valence-electron chi connectivity index (χ2n) is 26.4. The lowest BCUT2D eigenvalue weighted by Crippen LogP contribution is -2.47. The third kappa shape index (κ3) is 70.5. The number of nitrogens with one attached hydrogen (secondary N) is 1. The van der Waals surface area contributed by atoms with Gasteiger partial charge in [-0.05, 0) is 128 Å². The molecular formula is C82H143N2O7P. The van der Waals surface area contributed by atoms with Gasteiger partial charge in [-0.3, -0.25) is 14.2 Å². The van der Waals surface area contributed by atoms with Gasteiger partial charge in [0.25, 0.3) is 7.82 Å². The van der Waals surface area contributed by atoms with Gasteiger partial charge in [-0.15, -0.1) is 0 Å². The van der Waals surface area contributed by atoms with Gasteiger partial charge in [-0.25, -0.2) is 0 Å². The fraction of sp³-hybridized carbons (Fsp3) is 0.707. The van der Waals surface area contributed by atoms with Gasteiger partial charge in [0.15, 0.2) is 0 Å². The Kier molecular flexibility index (Phi) is 67.0. The van der Waals surface area contributed by atoms with Crippen molar-refractivity contribution in [1.82, 2.24) is 5.32 Å². The molecule has 92 heavy (non-hydrogen) atoms. The van der Waals surface area contributed by atoms with Crippen LogP contribution in [0.1, 0.15) is 323 Å². The van der Waals surface area contributed by atoms with Crippen LogP contribution in [0.15, 0.2) is 134 Å². The molecular weight excluding hydrogens is 1160 g/mol. The van der Waals surface area contributed by atoms with Crippen molar-refractivity contribution in [1.29, 1.82) is 0 Å². The number of amides is 1. The number of esters is 1. The van der Waals surface area contributed by atoms with Crippen LogP contribution in [0.5, 0.6) is 0 Å². The lowest BCUT2D eigenvalue weighted by atomic mass is 10.0. The number of carbonyl (C=O) groups excluding carboxylic acids is 2. The van der Waals surface area contributed by atoms with E-state index in [1.54, 1.807) is 0 Å². The average molecular weight is 1300 g/mol. The summed E-state index contributed by atoms with van der Waals surface area (Å²) in [6, 6.07) is -0.904. The van der Waals surface area contributed by atoms with Gasteiger partial charge in [-0.2, -0.15) is 0 Å². The molecule has 0 rings (SSSR count). The van der Waals surface area contributed by atoms with E-state index in [1.807, 2.05) is 33.3 Å². The highest BCUT2D eigenvalue weighted by Gasteiger charge is 2.27. The Hall–Kier alpha value is -3.85. The molecule has 0 radical (unpaired) electrons. The molecule has 9 nitrogen and oxygen atoms in total. The number of nitrogens with zero attached hydrogens (tertiary/aromatic N) is 1. The van der Waals surface area contributed by atoms with Gasteiger partial charge in [0.1, 0.15) is 19.3 Å². The van der Waals surface area contributed by atoms with Gasteiger partial charge in [0.05, 0.1) is 33.8 Å². The second kappa shape index (κ2) is 70.0. The molecule has 0 fully saturated rings. The van der Waals surface area contributed by atoms with Crippen LogP contribution in [0.4, 0.5) is 0 Å². The van der Waals surface area contributed by atoms with Crippen LogP contribution in [0.25, 0.3) is 0 Å². The molecule has 0 aliphatic carbocycles. The summed E-state index contributed by atoms with van der Waals surface area (Å²) in [5.41, 5.74) is 0. The summed E-state index contributed by atoms with van der Waals surface area (Å²) in [7, 11) is 1.17. The van der Waals surface area contributed by atoms with E-state index in [-0.39, 0.29) is 24.9 Å². The summed E-state index contributed by atoms with van der Waals surface area (Å²) in [6.45, 7) is 6.71. The number of allylic oxidation sites excluding steroid dienone is 21. The van der Waals surface area contributed by atoms with Crippen LogP contribution in [-0.4, -0.2) is 69.4 Å². The summed E-state index contributed by atoms with van der Waals surface area (Å²) in [4.78, 5) is 40.3. The maximum atomic E-state index is 13.6. The summed E-state index contributed by atoms with van der Waals surface area (Å²) >= 11 is 0. The number of phosphoric ester groups is 1. The third-order valence-electron chi connectivity index (χ3n) is 16.3. The van der Waals surface area contributed by atoms with Crippen molar-refractivity contribution in [3.8, 4) is 0 Å². The number of hydrogen-bond donors (Lipinski definition) is 1. The van der Waals surface area contributed by atoms with E-state index < -0.39 is 26.6 Å². The molecule has 10 heteroatoms. The molecule has 0 bridgehead atoms. The second-order valence-corrected chi connectivity index (χ2v) is 27.8. The van der Waals surface area contributed by atoms with Crippen LogP contribution in [-0.2, 0) is 27.9 Å². The number of carbonyl (C=O) groups is 2. The molecule has 0 aromatic carbocycles. The van der Waals surface area contributed by atoms with Crippen molar-refractivity contribution in [3.63, 3.8) is 0 Å². The van der Waals surface area contributed by atoms with E-state index in [0.717, 1.165) is 128 Å². The fourth-order valence-corrected chi connectivity index (χ4v) is 11.2. The van der Waals surface area contributed by atoms with Crippen LogP contribution in [0.2, 0.25) is 0 Å². The summed E-state index contributed by atoms with van der Waals surface area (Å²) in [6.07, 6.45) is 100. The van der Waals surface area contributed by atoms with E-state index in [4.69, 9.17) is 13.8 Å². The molecule has 0 spiro atoms. The first-order valence-electron chi connectivity index (χ1n) is 38.0. The zero-order valence-corrected chi connectivity index (χ0v) is 61.4. The number of likely N-dealkylation sites (N-methyl/N-ethyl adjacent to an activating group) is 1. The zero-order valence-electron chi connectivity index (χ0n) is 60.5. The molecule has 0 saturated heterocycles. The number of phosphoric acid groups is 1. The lowest BCUT2D eigenvalue weighted by Gasteiger charge is -2.30. The number of rotatable bonds is 68. The summed E-state index contributed by atoms with van der Waals surface area (Å²) in [5.74, 6) is -0.555. The Morgan fingerprint density at radius 2 is 0.696 bits per heavy atom. The van der Waals surface area contributed by atoms with E-state index >= 15 is 0 Å². The quantitative estimate of drug-likeness (QED) is 0.0212. The van der Waals surface area contributed by atoms with Crippen molar-refractivity contribution in [2.24, 2.45) is 0 Å². The molecule has 528 valence electrons. The van der Waals surface area contributed by atoms with E-state index in [2.05, 4.69) is 148 Å². The van der Waals surface area contributed by atoms with Gasteiger partial charge >= 0.3 is 5.97 Å². The van der Waals surface area contributed by atoms with E-state index in [1.165, 1.54) is 154 Å². The molecule has 0 aliphatic heterocycles. The average Bonchev–Trinajstić information content (AvgIpc) is 3.72. The molecule has 0 aromatic rings. The van der Waals surface area contributed by atoms with Crippen LogP contribution < -0.4 is 10.2 Å². The maximum Gasteiger partial charge on any atom is 0.306 e. The van der Waals surface area contributed by atoms with Gasteiger partial charge < -0.3 is 28.5 Å². The van der Waals surface area contributed by atoms with E-state index in [9.17, 15) is 19.0 Å². The van der Waals surface area contributed by atoms with Gasteiger partial charge in [0, 0.05) is 12.8 Å². The van der Waals surface area contributed by atoms with Crippen LogP contribution in [0.3, 0.4) is 0 Å². The molecule has 1 amide bonds. The molecule has 0 aromatic heterocycles. The Labute approximate surface area is 568 Å². The number of unbranched alkanes of at least 4 members (excludes halogenated alkanes) is 32. The standard InChI is InChI=1S/C82H143N2O7P/c1-7-10-13-16-19-22-25-28-30-32-34-36-38-40-42-44-46-48-50-52-54-56-59-62-65-68-71-74-81(85)83-79(78-90-92(87,88)89-77-76-84(4,5)6)80(73-70-67-64-61-58-27-24-21-18-15-12-9-3)91-82(86)75-72-69-66-63-60-57-55-53-51-49-47-45-43-41-39-37-35-33-31-29-26-23-20-17-14-11-8-2/h11,14,19-20,22-23,28-31,34-37,40-43,47,49,70,73,79-80H,7-10,12-13,15-18,21,24-27,32-33,38-39,44-46,48,50-69,71-72,74-78H2,1-6H3,(H-,83,85,87,88)/b14-11-,22-19-,23-20-,30-28-,31-29-,36-34-,37-35-,42-40-,43-41-,49-47-,73-70+. The van der Waals surface area contributed by atoms with Crippen molar-refractivity contribution in [2.75, 3.05) is 40.9 Å². The van der Waals surface area contributed by atoms with Gasteiger partial charge in [-0.1, -0.05) is 315 Å². The minimum Gasteiger partial charge on any atom is -0.756 e. The highest BCUT2D eigenvalue weighted by atomic mass is 31.2. The number of ether oxygens (including phenoxy) is 1. The first-order chi connectivity index (χ1) is 44.9. The fourth-order valence-electron chi connectivity index (χ4n) is 10.5. The predicted molar refractivity (Wildman–Crippen MR) is 399 cm³/mol. The minimum atomic E-state index is -4.72. The topological polar surface area (TPSA) is 114 Å².